The summed E-state index contributed by atoms with van der Waals surface area (Å²) in [6.45, 7) is 3.93. The highest BCUT2D eigenvalue weighted by Gasteiger charge is 2.27. The summed E-state index contributed by atoms with van der Waals surface area (Å²) < 4.78 is 11.6. The van der Waals surface area contributed by atoms with Crippen molar-refractivity contribution in [2.45, 2.75) is 57.7 Å². The summed E-state index contributed by atoms with van der Waals surface area (Å²) in [4.78, 5) is 12.3. The van der Waals surface area contributed by atoms with Gasteiger partial charge in [0.15, 0.2) is 0 Å². The molecule has 1 aliphatic carbocycles. The van der Waals surface area contributed by atoms with Crippen molar-refractivity contribution in [2.75, 3.05) is 13.2 Å². The first-order valence-corrected chi connectivity index (χ1v) is 8.99. The summed E-state index contributed by atoms with van der Waals surface area (Å²) in [5, 5.41) is 3.04. The van der Waals surface area contributed by atoms with Gasteiger partial charge in [-0.2, -0.15) is 0 Å². The van der Waals surface area contributed by atoms with Crippen LogP contribution in [0.4, 0.5) is 0 Å². The number of nitrogens with one attached hydrogen (secondary N) is 1. The van der Waals surface area contributed by atoms with E-state index in [2.05, 4.69) is 5.32 Å². The van der Waals surface area contributed by atoms with E-state index in [9.17, 15) is 4.79 Å². The molecular weight excluding hydrogens is 304 g/mol. The fourth-order valence-corrected chi connectivity index (χ4v) is 3.48. The summed E-state index contributed by atoms with van der Waals surface area (Å²) in [6.07, 6.45) is 4.98. The van der Waals surface area contributed by atoms with Crippen molar-refractivity contribution in [3.63, 3.8) is 0 Å². The molecule has 5 nitrogen and oxygen atoms in total. The first-order chi connectivity index (χ1) is 11.6. The Balaban J connectivity index is 1.56. The molecule has 1 saturated carbocycles. The quantitative estimate of drug-likeness (QED) is 0.838. The topological polar surface area (TPSA) is 73.6 Å². The predicted octanol–water partition coefficient (Wildman–Crippen LogP) is 2.30. The Morgan fingerprint density at radius 2 is 2.25 bits per heavy atom. The molecule has 3 unspecified atom stereocenters. The maximum Gasteiger partial charge on any atom is 0.223 e. The zero-order valence-electron chi connectivity index (χ0n) is 14.4. The van der Waals surface area contributed by atoms with Crippen LogP contribution in [-0.4, -0.2) is 31.3 Å². The van der Waals surface area contributed by atoms with Gasteiger partial charge in [-0.3, -0.25) is 4.79 Å². The number of benzene rings is 1. The van der Waals surface area contributed by atoms with Gasteiger partial charge < -0.3 is 20.5 Å². The fraction of sp³-hybridized carbons (Fsp3) is 0.632. The third-order valence-corrected chi connectivity index (χ3v) is 4.97. The van der Waals surface area contributed by atoms with Crippen LogP contribution in [0.15, 0.2) is 18.2 Å². The van der Waals surface area contributed by atoms with E-state index in [0.717, 1.165) is 55.6 Å². The molecule has 5 heteroatoms. The van der Waals surface area contributed by atoms with Gasteiger partial charge in [0, 0.05) is 30.7 Å². The van der Waals surface area contributed by atoms with Crippen LogP contribution in [0, 0.1) is 12.8 Å². The Labute approximate surface area is 143 Å². The van der Waals surface area contributed by atoms with Crippen LogP contribution in [0.25, 0.3) is 0 Å². The van der Waals surface area contributed by atoms with Crippen molar-refractivity contribution in [1.29, 1.82) is 0 Å². The Morgan fingerprint density at radius 3 is 2.96 bits per heavy atom. The van der Waals surface area contributed by atoms with Crippen LogP contribution in [0.2, 0.25) is 0 Å². The zero-order chi connectivity index (χ0) is 16.9. The average Bonchev–Trinajstić information content (AvgIpc) is 3.23. The Morgan fingerprint density at radius 1 is 1.38 bits per heavy atom. The monoisotopic (exact) mass is 332 g/mol. The van der Waals surface area contributed by atoms with Gasteiger partial charge in [-0.05, 0) is 50.7 Å². The third-order valence-electron chi connectivity index (χ3n) is 4.97. The van der Waals surface area contributed by atoms with Crippen molar-refractivity contribution in [3.05, 3.63) is 29.3 Å². The number of hydrogen-bond donors (Lipinski definition) is 2. The van der Waals surface area contributed by atoms with E-state index in [-0.39, 0.29) is 24.0 Å². The maximum absolute atomic E-state index is 12.3. The lowest BCUT2D eigenvalue weighted by Crippen LogP contribution is -2.30. The largest absolute Gasteiger partial charge is 0.491 e. The molecule has 1 heterocycles. The van der Waals surface area contributed by atoms with Gasteiger partial charge >= 0.3 is 0 Å². The Hall–Kier alpha value is -1.59. The lowest BCUT2D eigenvalue weighted by Gasteiger charge is -2.17. The highest BCUT2D eigenvalue weighted by atomic mass is 16.5. The molecule has 3 N–H and O–H groups in total. The zero-order valence-corrected chi connectivity index (χ0v) is 14.4. The van der Waals surface area contributed by atoms with Gasteiger partial charge in [0.2, 0.25) is 5.91 Å². The molecular formula is C19H28N2O3. The van der Waals surface area contributed by atoms with Crippen LogP contribution in [-0.2, 0) is 16.1 Å². The second kappa shape index (κ2) is 7.99. The van der Waals surface area contributed by atoms with E-state index >= 15 is 0 Å². The van der Waals surface area contributed by atoms with E-state index < -0.39 is 0 Å². The number of aryl methyl sites for hydroxylation is 1. The van der Waals surface area contributed by atoms with Gasteiger partial charge in [0.1, 0.15) is 12.4 Å². The maximum atomic E-state index is 12.3. The normalized spacial score (nSPS) is 26.5. The standard InChI is InChI=1S/C19H28N2O3/c1-13-4-5-15(11-21-19(22)14-6-7-16(20)10-14)18(9-13)24-12-17-3-2-8-23-17/h4-5,9,14,16-17H,2-3,6-8,10-12,20H2,1H3,(H,21,22). The highest BCUT2D eigenvalue weighted by Crippen LogP contribution is 2.25. The van der Waals surface area contributed by atoms with E-state index in [1.165, 1.54) is 0 Å². The lowest BCUT2D eigenvalue weighted by molar-refractivity contribution is -0.125. The fourth-order valence-electron chi connectivity index (χ4n) is 3.48. The molecule has 2 fully saturated rings. The first-order valence-electron chi connectivity index (χ1n) is 8.99. The SMILES string of the molecule is Cc1ccc(CNC(=O)C2CCC(N)C2)c(OCC2CCCO2)c1. The summed E-state index contributed by atoms with van der Waals surface area (Å²) in [6, 6.07) is 6.28. The number of carbonyl (C=O) groups excluding carboxylic acids is 1. The number of carbonyl (C=O) groups is 1. The summed E-state index contributed by atoms with van der Waals surface area (Å²) in [7, 11) is 0. The molecule has 3 rings (SSSR count). The van der Waals surface area contributed by atoms with Crippen molar-refractivity contribution >= 4 is 5.91 Å². The van der Waals surface area contributed by atoms with Crippen LogP contribution in [0.5, 0.6) is 5.75 Å². The smallest absolute Gasteiger partial charge is 0.223 e. The van der Waals surface area contributed by atoms with Crippen molar-refractivity contribution < 1.29 is 14.3 Å². The molecule has 0 radical (unpaired) electrons. The summed E-state index contributed by atoms with van der Waals surface area (Å²) in [5.74, 6) is 1.00. The minimum Gasteiger partial charge on any atom is -0.491 e. The van der Waals surface area contributed by atoms with Gasteiger partial charge in [-0.15, -0.1) is 0 Å². The number of rotatable bonds is 6. The number of amides is 1. The minimum absolute atomic E-state index is 0.0571. The van der Waals surface area contributed by atoms with Crippen molar-refractivity contribution in [1.82, 2.24) is 5.32 Å². The third kappa shape index (κ3) is 4.48. The van der Waals surface area contributed by atoms with Crippen LogP contribution in [0.1, 0.15) is 43.2 Å². The second-order valence-electron chi connectivity index (χ2n) is 7.05. The predicted molar refractivity (Wildman–Crippen MR) is 92.8 cm³/mol. The van der Waals surface area contributed by atoms with Gasteiger partial charge in [-0.25, -0.2) is 0 Å². The molecule has 0 aromatic heterocycles. The molecule has 1 aromatic rings. The molecule has 2 aliphatic rings. The van der Waals surface area contributed by atoms with Gasteiger partial charge in [0.05, 0.1) is 6.10 Å². The average molecular weight is 332 g/mol. The molecule has 0 spiro atoms. The summed E-state index contributed by atoms with van der Waals surface area (Å²) in [5.41, 5.74) is 8.05. The molecule has 1 aliphatic heterocycles. The summed E-state index contributed by atoms with van der Waals surface area (Å²) >= 11 is 0. The van der Waals surface area contributed by atoms with Crippen molar-refractivity contribution in [3.8, 4) is 5.75 Å². The molecule has 24 heavy (non-hydrogen) atoms. The van der Waals surface area contributed by atoms with E-state index in [1.54, 1.807) is 0 Å². The molecule has 1 aromatic carbocycles. The number of hydrogen-bond acceptors (Lipinski definition) is 4. The van der Waals surface area contributed by atoms with Crippen LogP contribution in [0.3, 0.4) is 0 Å². The van der Waals surface area contributed by atoms with E-state index in [4.69, 9.17) is 15.2 Å². The molecule has 132 valence electrons. The van der Waals surface area contributed by atoms with Crippen LogP contribution < -0.4 is 15.8 Å². The second-order valence-corrected chi connectivity index (χ2v) is 7.05. The Kier molecular flexibility index (Phi) is 5.74. The molecule has 3 atom stereocenters. The molecule has 1 amide bonds. The van der Waals surface area contributed by atoms with Gasteiger partial charge in [-0.1, -0.05) is 12.1 Å². The Bertz CT molecular complexity index is 570. The highest BCUT2D eigenvalue weighted by molar-refractivity contribution is 5.79. The molecule has 0 bridgehead atoms. The number of nitrogens with two attached hydrogens (primary N) is 1. The minimum atomic E-state index is 0.0571. The first kappa shape index (κ1) is 17.2. The van der Waals surface area contributed by atoms with Gasteiger partial charge in [0.25, 0.3) is 0 Å². The lowest BCUT2D eigenvalue weighted by atomic mass is 10.1. The van der Waals surface area contributed by atoms with E-state index in [1.807, 2.05) is 25.1 Å². The van der Waals surface area contributed by atoms with Crippen LogP contribution >= 0.6 is 0 Å². The van der Waals surface area contributed by atoms with E-state index in [0.29, 0.717) is 13.2 Å². The van der Waals surface area contributed by atoms with Crippen molar-refractivity contribution in [2.24, 2.45) is 11.7 Å². The molecule has 1 saturated heterocycles. The number of ether oxygens (including phenoxy) is 2.